The van der Waals surface area contributed by atoms with Gasteiger partial charge in [-0.2, -0.15) is 0 Å². The van der Waals surface area contributed by atoms with Crippen molar-refractivity contribution in [2.24, 2.45) is 0 Å². The van der Waals surface area contributed by atoms with Crippen molar-refractivity contribution in [3.63, 3.8) is 0 Å². The van der Waals surface area contributed by atoms with Gasteiger partial charge in [0.15, 0.2) is 0 Å². The molecule has 0 heterocycles. The predicted molar refractivity (Wildman–Crippen MR) is 92.4 cm³/mol. The largest absolute Gasteiger partial charge is 1.00 e. The van der Waals surface area contributed by atoms with Crippen LogP contribution in [0.1, 0.15) is 28.4 Å². The summed E-state index contributed by atoms with van der Waals surface area (Å²) < 4.78 is 42.4. The van der Waals surface area contributed by atoms with Gasteiger partial charge in [-0.25, -0.2) is 13.2 Å². The molecule has 9 heteroatoms. The van der Waals surface area contributed by atoms with E-state index in [4.69, 9.17) is 4.74 Å². The Balaban J connectivity index is 0.00000364. The fraction of sp³-hybridized carbons (Fsp3) is 0.111. The number of rotatable bonds is 5. The normalized spacial score (nSPS) is 10.9. The summed E-state index contributed by atoms with van der Waals surface area (Å²) in [7, 11) is -3.27. The topological polar surface area (TPSA) is 110 Å². The van der Waals surface area contributed by atoms with Gasteiger partial charge in [0.05, 0.1) is 12.0 Å². The third-order valence-corrected chi connectivity index (χ3v) is 4.15. The van der Waals surface area contributed by atoms with Crippen molar-refractivity contribution in [3.8, 4) is 5.75 Å². The van der Waals surface area contributed by atoms with E-state index >= 15 is 0 Å². The van der Waals surface area contributed by atoms with Gasteiger partial charge >= 0.3 is 63.3 Å². The van der Waals surface area contributed by atoms with E-state index in [1.165, 1.54) is 50.4 Å². The molecule has 2 aromatic rings. The summed E-state index contributed by atoms with van der Waals surface area (Å²) >= 11 is 0. The van der Waals surface area contributed by atoms with Gasteiger partial charge in [-0.3, -0.25) is 4.79 Å². The number of esters is 2. The zero-order chi connectivity index (χ0) is 19.3. The molecule has 0 bridgehead atoms. The maximum absolute atomic E-state index is 11.8. The van der Waals surface area contributed by atoms with Crippen molar-refractivity contribution < 1.29 is 83.4 Å². The van der Waals surface area contributed by atoms with E-state index in [1.54, 1.807) is 18.2 Å². The molecule has 2 aromatic carbocycles. The summed E-state index contributed by atoms with van der Waals surface area (Å²) in [4.78, 5) is 22.7. The van der Waals surface area contributed by atoms with E-state index in [0.29, 0.717) is 11.1 Å². The molecule has 136 valence electrons. The number of carbonyl (C=O) groups is 2. The van der Waals surface area contributed by atoms with E-state index in [2.05, 4.69) is 4.74 Å². The first-order valence-corrected chi connectivity index (χ1v) is 8.76. The minimum absolute atomic E-state index is 0. The van der Waals surface area contributed by atoms with Crippen molar-refractivity contribution in [3.05, 3.63) is 59.2 Å². The second-order valence-corrected chi connectivity index (χ2v) is 6.58. The molecule has 7 nitrogen and oxygen atoms in total. The maximum atomic E-state index is 11.8. The second-order valence-electron chi connectivity index (χ2n) is 5.20. The third-order valence-electron chi connectivity index (χ3n) is 3.30. The first kappa shape index (κ1) is 23.7. The van der Waals surface area contributed by atoms with Crippen LogP contribution in [-0.2, 0) is 19.6 Å². The van der Waals surface area contributed by atoms with Crippen molar-refractivity contribution in [1.82, 2.24) is 0 Å². The van der Waals surface area contributed by atoms with Crippen molar-refractivity contribution in [2.75, 3.05) is 7.11 Å². The van der Waals surface area contributed by atoms with E-state index in [0.717, 1.165) is 0 Å². The number of ether oxygens (including phenoxy) is 2. The van der Waals surface area contributed by atoms with Crippen molar-refractivity contribution in [2.45, 2.75) is 11.8 Å². The molecule has 0 N–H and O–H groups in total. The second kappa shape index (κ2) is 10.3. The fourth-order valence-electron chi connectivity index (χ4n) is 2.10. The molecule has 27 heavy (non-hydrogen) atoms. The Kier molecular flexibility index (Phi) is 9.02. The quantitative estimate of drug-likeness (QED) is 0.213. The molecule has 0 aliphatic carbocycles. The van der Waals surface area contributed by atoms with Gasteiger partial charge in [-0.1, -0.05) is 30.4 Å². The van der Waals surface area contributed by atoms with Crippen molar-refractivity contribution in [1.29, 1.82) is 0 Å². The van der Waals surface area contributed by atoms with E-state index in [1.807, 2.05) is 0 Å². The van der Waals surface area contributed by atoms with Gasteiger partial charge < -0.3 is 14.0 Å². The molecule has 0 aromatic heterocycles. The molecule has 0 saturated carbocycles. The summed E-state index contributed by atoms with van der Waals surface area (Å²) in [5.74, 6) is -1.13. The minimum Gasteiger partial charge on any atom is -0.744 e. The van der Waals surface area contributed by atoms with Gasteiger partial charge in [0, 0.05) is 6.92 Å². The van der Waals surface area contributed by atoms with Crippen LogP contribution in [0.25, 0.3) is 12.2 Å². The molecule has 0 saturated heterocycles. The van der Waals surface area contributed by atoms with Crippen LogP contribution < -0.4 is 56.1 Å². The number of hydrogen-bond acceptors (Lipinski definition) is 7. The van der Waals surface area contributed by atoms with Gasteiger partial charge in [0.25, 0.3) is 0 Å². The molecule has 0 aliphatic rings. The van der Waals surface area contributed by atoms with E-state index < -0.39 is 22.1 Å². The first-order chi connectivity index (χ1) is 12.2. The summed E-state index contributed by atoms with van der Waals surface area (Å²) in [5, 5.41) is 0. The molecular formula is C18H15KO7S. The van der Waals surface area contributed by atoms with Crippen LogP contribution in [0, 0.1) is 0 Å². The standard InChI is InChI=1S/C18H16O7S.K/c1-12(19)25-17-10-7-14(11-16(17)18(20)24-2)4-3-13-5-8-15(9-6-13)26(21,22)23;/h3-11H,1-2H3,(H,21,22,23);/q;+1/p-1/b4-3+;. The molecule has 0 fully saturated rings. The Morgan fingerprint density at radius 2 is 1.56 bits per heavy atom. The number of methoxy groups -OCH3 is 1. The molecule has 0 amide bonds. The van der Waals surface area contributed by atoms with Gasteiger partial charge in [0.1, 0.15) is 21.4 Å². The zero-order valence-electron chi connectivity index (χ0n) is 15.0. The zero-order valence-corrected chi connectivity index (χ0v) is 18.9. The Hall–Kier alpha value is -1.33. The van der Waals surface area contributed by atoms with E-state index in [9.17, 15) is 22.6 Å². The molecule has 0 spiro atoms. The van der Waals surface area contributed by atoms with Gasteiger partial charge in [-0.15, -0.1) is 0 Å². The molecule has 0 radical (unpaired) electrons. The smallest absolute Gasteiger partial charge is 0.744 e. The molecule has 0 aliphatic heterocycles. The SMILES string of the molecule is COC(=O)c1cc(/C=C/c2ccc(S(=O)(=O)[O-])cc2)ccc1OC(C)=O.[K+]. The Bertz CT molecular complexity index is 964. The van der Waals surface area contributed by atoms with Crippen LogP contribution in [0.15, 0.2) is 47.4 Å². The van der Waals surface area contributed by atoms with Crippen LogP contribution in [-0.4, -0.2) is 32.0 Å². The van der Waals surface area contributed by atoms with Crippen LogP contribution in [0.3, 0.4) is 0 Å². The van der Waals surface area contributed by atoms with Crippen LogP contribution in [0.2, 0.25) is 0 Å². The first-order valence-electron chi connectivity index (χ1n) is 7.35. The van der Waals surface area contributed by atoms with Crippen LogP contribution >= 0.6 is 0 Å². The van der Waals surface area contributed by atoms with Gasteiger partial charge in [0.2, 0.25) is 0 Å². The summed E-state index contributed by atoms with van der Waals surface area (Å²) in [6.45, 7) is 1.22. The average molecular weight is 414 g/mol. The Morgan fingerprint density at radius 1 is 1.00 bits per heavy atom. The summed E-state index contributed by atoms with van der Waals surface area (Å²) in [6, 6.07) is 10.00. The summed E-state index contributed by atoms with van der Waals surface area (Å²) in [5.41, 5.74) is 1.38. The van der Waals surface area contributed by atoms with E-state index in [-0.39, 0.29) is 67.6 Å². The molecular weight excluding hydrogens is 399 g/mol. The molecule has 2 rings (SSSR count). The fourth-order valence-corrected chi connectivity index (χ4v) is 2.57. The summed E-state index contributed by atoms with van der Waals surface area (Å²) in [6.07, 6.45) is 3.34. The number of hydrogen-bond donors (Lipinski definition) is 0. The minimum atomic E-state index is -4.49. The monoisotopic (exact) mass is 414 g/mol. The molecule has 0 unspecified atom stereocenters. The predicted octanol–water partition coefficient (Wildman–Crippen LogP) is -0.523. The maximum Gasteiger partial charge on any atom is 1.00 e. The van der Waals surface area contributed by atoms with Crippen LogP contribution in [0.5, 0.6) is 5.75 Å². The average Bonchev–Trinajstić information content (AvgIpc) is 2.59. The Labute approximate surface area is 199 Å². The number of carbonyl (C=O) groups excluding carboxylic acids is 2. The number of benzene rings is 2. The van der Waals surface area contributed by atoms with Crippen molar-refractivity contribution >= 4 is 34.2 Å². The Morgan fingerprint density at radius 3 is 2.07 bits per heavy atom. The van der Waals surface area contributed by atoms with Crippen LogP contribution in [0.4, 0.5) is 0 Å². The third kappa shape index (κ3) is 6.96. The van der Waals surface area contributed by atoms with Gasteiger partial charge in [-0.05, 0) is 35.4 Å². The molecule has 0 atom stereocenters.